The van der Waals surface area contributed by atoms with Gasteiger partial charge in [0.15, 0.2) is 0 Å². The Morgan fingerprint density at radius 2 is 2.25 bits per heavy atom. The highest BCUT2D eigenvalue weighted by molar-refractivity contribution is 6.29. The summed E-state index contributed by atoms with van der Waals surface area (Å²) in [6.45, 7) is 2.02. The molecule has 0 aromatic heterocycles. The van der Waals surface area contributed by atoms with Gasteiger partial charge >= 0.3 is 0 Å². The molecule has 90 valence electrons. The van der Waals surface area contributed by atoms with Gasteiger partial charge in [-0.2, -0.15) is 0 Å². The summed E-state index contributed by atoms with van der Waals surface area (Å²) in [7, 11) is 0. The number of nitrogens with two attached hydrogens (primary N) is 2. The Hall–Kier alpha value is -1.18. The molecule has 7 N–H and O–H groups in total. The van der Waals surface area contributed by atoms with Crippen molar-refractivity contribution in [3.05, 3.63) is 11.0 Å². The lowest BCUT2D eigenvalue weighted by atomic mass is 10.1. The molecule has 1 amide bonds. The maximum atomic E-state index is 12.0. The van der Waals surface area contributed by atoms with E-state index < -0.39 is 12.2 Å². The number of rotatable bonds is 1. The molecule has 16 heavy (non-hydrogen) atoms. The zero-order chi connectivity index (χ0) is 11.7. The minimum atomic E-state index is -0.584. The van der Waals surface area contributed by atoms with Gasteiger partial charge in [0.25, 0.3) is 0 Å². The van der Waals surface area contributed by atoms with Crippen molar-refractivity contribution in [1.82, 2.24) is 20.9 Å². The summed E-state index contributed by atoms with van der Waals surface area (Å²) in [5.41, 5.74) is 11.3. The first-order valence-electron chi connectivity index (χ1n) is 5.03. The standard InChI is InChI=1S/C8H15ClN6O/c9-5-7(11)14-6(10)4(13-5)8(16)15-2-1-12-3-15/h4,6,12-14H,1-3,10-11H2. The van der Waals surface area contributed by atoms with Crippen LogP contribution in [-0.2, 0) is 4.79 Å². The summed E-state index contributed by atoms with van der Waals surface area (Å²) in [5.74, 6) is 0.174. The lowest BCUT2D eigenvalue weighted by molar-refractivity contribution is -0.133. The van der Waals surface area contributed by atoms with Gasteiger partial charge in [-0.1, -0.05) is 11.6 Å². The molecule has 2 aliphatic heterocycles. The molecule has 1 fully saturated rings. The quantitative estimate of drug-likeness (QED) is 0.329. The fourth-order valence-electron chi connectivity index (χ4n) is 1.74. The molecule has 1 saturated heterocycles. The van der Waals surface area contributed by atoms with E-state index in [1.165, 1.54) is 0 Å². The number of hydrogen-bond acceptors (Lipinski definition) is 6. The van der Waals surface area contributed by atoms with Crippen LogP contribution in [0.4, 0.5) is 0 Å². The first-order chi connectivity index (χ1) is 7.59. The molecule has 7 nitrogen and oxygen atoms in total. The second kappa shape index (κ2) is 4.36. The number of nitrogens with one attached hydrogen (secondary N) is 3. The Kier molecular flexibility index (Phi) is 3.08. The molecule has 0 aliphatic carbocycles. The van der Waals surface area contributed by atoms with Crippen molar-refractivity contribution in [3.8, 4) is 0 Å². The van der Waals surface area contributed by atoms with E-state index in [0.717, 1.165) is 6.54 Å². The lowest BCUT2D eigenvalue weighted by Gasteiger charge is -2.33. The van der Waals surface area contributed by atoms with Gasteiger partial charge in [-0.25, -0.2) is 0 Å². The first kappa shape index (κ1) is 11.3. The normalized spacial score (nSPS) is 30.0. The monoisotopic (exact) mass is 246 g/mol. The average Bonchev–Trinajstić information content (AvgIpc) is 2.75. The van der Waals surface area contributed by atoms with Crippen molar-refractivity contribution in [2.45, 2.75) is 12.2 Å². The summed E-state index contributed by atoms with van der Waals surface area (Å²) in [6.07, 6.45) is -0.574. The van der Waals surface area contributed by atoms with Gasteiger partial charge in [-0.3, -0.25) is 10.1 Å². The molecule has 2 unspecified atom stereocenters. The van der Waals surface area contributed by atoms with E-state index in [-0.39, 0.29) is 16.9 Å². The number of carbonyl (C=O) groups excluding carboxylic acids is 1. The van der Waals surface area contributed by atoms with Crippen LogP contribution in [0.25, 0.3) is 0 Å². The molecule has 0 bridgehead atoms. The van der Waals surface area contributed by atoms with E-state index in [0.29, 0.717) is 13.2 Å². The third-order valence-corrected chi connectivity index (χ3v) is 2.95. The van der Waals surface area contributed by atoms with Gasteiger partial charge in [0.05, 0.1) is 6.67 Å². The molecule has 8 heteroatoms. The van der Waals surface area contributed by atoms with Crippen molar-refractivity contribution in [3.63, 3.8) is 0 Å². The van der Waals surface area contributed by atoms with E-state index in [1.54, 1.807) is 4.90 Å². The zero-order valence-electron chi connectivity index (χ0n) is 8.66. The Bertz CT molecular complexity index is 326. The summed E-state index contributed by atoms with van der Waals surface area (Å²) in [5, 5.41) is 8.86. The van der Waals surface area contributed by atoms with Gasteiger partial charge < -0.3 is 27.0 Å². The minimum Gasteiger partial charge on any atom is -0.383 e. The lowest BCUT2D eigenvalue weighted by Crippen LogP contribution is -2.63. The predicted octanol–water partition coefficient (Wildman–Crippen LogP) is -2.45. The third-order valence-electron chi connectivity index (χ3n) is 2.64. The maximum Gasteiger partial charge on any atom is 0.249 e. The molecule has 0 spiro atoms. The molecule has 2 atom stereocenters. The van der Waals surface area contributed by atoms with E-state index >= 15 is 0 Å². The third kappa shape index (κ3) is 2.01. The predicted molar refractivity (Wildman–Crippen MR) is 59.7 cm³/mol. The van der Waals surface area contributed by atoms with E-state index in [1.807, 2.05) is 0 Å². The second-order valence-electron chi connectivity index (χ2n) is 3.78. The van der Waals surface area contributed by atoms with E-state index in [9.17, 15) is 4.79 Å². The molecule has 2 aliphatic rings. The average molecular weight is 247 g/mol. The second-order valence-corrected chi connectivity index (χ2v) is 4.16. The minimum absolute atomic E-state index is 0.0874. The highest BCUT2D eigenvalue weighted by atomic mass is 35.5. The number of amides is 1. The van der Waals surface area contributed by atoms with Crippen LogP contribution in [0.2, 0.25) is 0 Å². The number of hydrogen-bond donors (Lipinski definition) is 5. The molecule has 0 aromatic carbocycles. The summed E-state index contributed by atoms with van der Waals surface area (Å²) in [4.78, 5) is 13.7. The molecule has 0 saturated carbocycles. The van der Waals surface area contributed by atoms with Crippen LogP contribution in [-0.4, -0.2) is 42.8 Å². The highest BCUT2D eigenvalue weighted by Gasteiger charge is 2.34. The molecule has 2 heterocycles. The van der Waals surface area contributed by atoms with Crippen molar-refractivity contribution in [2.24, 2.45) is 11.5 Å². The van der Waals surface area contributed by atoms with Gasteiger partial charge in [0, 0.05) is 13.1 Å². The molecule has 2 rings (SSSR count). The van der Waals surface area contributed by atoms with Crippen molar-refractivity contribution < 1.29 is 4.79 Å². The molecule has 0 radical (unpaired) electrons. The Labute approximate surface area is 98.1 Å². The highest BCUT2D eigenvalue weighted by Crippen LogP contribution is 2.11. The van der Waals surface area contributed by atoms with Crippen LogP contribution in [0.3, 0.4) is 0 Å². The molecule has 0 aromatic rings. The van der Waals surface area contributed by atoms with Gasteiger partial charge in [0.1, 0.15) is 23.2 Å². The Morgan fingerprint density at radius 1 is 1.50 bits per heavy atom. The zero-order valence-corrected chi connectivity index (χ0v) is 9.42. The molecular formula is C8H15ClN6O. The summed E-state index contributed by atoms with van der Waals surface area (Å²) in [6, 6.07) is -0.584. The molecular weight excluding hydrogens is 232 g/mol. The maximum absolute atomic E-state index is 12.0. The Morgan fingerprint density at radius 3 is 2.88 bits per heavy atom. The number of halogens is 1. The van der Waals surface area contributed by atoms with Gasteiger partial charge in [-0.05, 0) is 0 Å². The van der Waals surface area contributed by atoms with Gasteiger partial charge in [0.2, 0.25) is 5.91 Å². The number of carbonyl (C=O) groups is 1. The van der Waals surface area contributed by atoms with Crippen molar-refractivity contribution >= 4 is 17.5 Å². The van der Waals surface area contributed by atoms with Crippen LogP contribution in [0.15, 0.2) is 11.0 Å². The van der Waals surface area contributed by atoms with Crippen LogP contribution in [0.5, 0.6) is 0 Å². The van der Waals surface area contributed by atoms with E-state index in [2.05, 4.69) is 16.0 Å². The first-order valence-corrected chi connectivity index (χ1v) is 5.41. The van der Waals surface area contributed by atoms with Crippen LogP contribution < -0.4 is 27.4 Å². The largest absolute Gasteiger partial charge is 0.383 e. The fraction of sp³-hybridized carbons (Fsp3) is 0.625. The van der Waals surface area contributed by atoms with Crippen molar-refractivity contribution in [2.75, 3.05) is 19.8 Å². The summed E-state index contributed by atoms with van der Waals surface area (Å²) >= 11 is 5.82. The Balaban J connectivity index is 2.06. The number of nitrogens with zero attached hydrogens (tertiary/aromatic N) is 1. The smallest absolute Gasteiger partial charge is 0.249 e. The van der Waals surface area contributed by atoms with Crippen LogP contribution in [0, 0.1) is 0 Å². The SMILES string of the molecule is NC1=C(Cl)NC(C(=O)N2CCNC2)C(N)N1. The van der Waals surface area contributed by atoms with Crippen LogP contribution >= 0.6 is 11.6 Å². The topological polar surface area (TPSA) is 108 Å². The van der Waals surface area contributed by atoms with E-state index in [4.69, 9.17) is 23.1 Å². The van der Waals surface area contributed by atoms with Crippen LogP contribution in [0.1, 0.15) is 0 Å². The summed E-state index contributed by atoms with van der Waals surface area (Å²) < 4.78 is 0. The van der Waals surface area contributed by atoms with Gasteiger partial charge in [-0.15, -0.1) is 0 Å². The fourth-order valence-corrected chi connectivity index (χ4v) is 1.91. The van der Waals surface area contributed by atoms with Crippen molar-refractivity contribution in [1.29, 1.82) is 0 Å².